The van der Waals surface area contributed by atoms with Gasteiger partial charge in [0.2, 0.25) is 0 Å². The van der Waals surface area contributed by atoms with E-state index in [1.54, 1.807) is 6.20 Å². The summed E-state index contributed by atoms with van der Waals surface area (Å²) >= 11 is 0. The fourth-order valence-corrected chi connectivity index (χ4v) is 5.18. The zero-order valence-electron chi connectivity index (χ0n) is 21.5. The third-order valence-corrected chi connectivity index (χ3v) is 6.99. The van der Waals surface area contributed by atoms with E-state index in [1.165, 1.54) is 12.3 Å². The molecule has 0 spiro atoms. The van der Waals surface area contributed by atoms with Gasteiger partial charge in [-0.25, -0.2) is 23.7 Å². The Bertz CT molecular complexity index is 1170. The Balaban J connectivity index is 1.27. The number of pyridine rings is 1. The van der Waals surface area contributed by atoms with E-state index in [-0.39, 0.29) is 24.2 Å². The van der Waals surface area contributed by atoms with Crippen molar-refractivity contribution in [3.63, 3.8) is 0 Å². The Hall–Kier alpha value is -2.78. The third kappa shape index (κ3) is 7.85. The summed E-state index contributed by atoms with van der Waals surface area (Å²) in [6, 6.07) is 1.37. The molecule has 0 aliphatic heterocycles. The summed E-state index contributed by atoms with van der Waals surface area (Å²) in [7, 11) is 0. The molecule has 1 fully saturated rings. The molecule has 4 rings (SSSR count). The molecular weight excluding hydrogens is 478 g/mol. The highest BCUT2D eigenvalue weighted by molar-refractivity contribution is 5.91. The van der Waals surface area contributed by atoms with Crippen LogP contribution in [0.4, 0.5) is 8.78 Å². The summed E-state index contributed by atoms with van der Waals surface area (Å²) in [6.45, 7) is 4.27. The van der Waals surface area contributed by atoms with Gasteiger partial charge >= 0.3 is 0 Å². The topological polar surface area (TPSA) is 90.0 Å². The van der Waals surface area contributed by atoms with Crippen LogP contribution in [-0.2, 0) is 20.7 Å². The molecule has 3 heterocycles. The molecule has 0 bridgehead atoms. The van der Waals surface area contributed by atoms with Crippen molar-refractivity contribution in [3.8, 4) is 11.4 Å². The van der Waals surface area contributed by atoms with Crippen LogP contribution in [0.1, 0.15) is 64.0 Å². The number of fused-ring (bicyclic) bond motifs is 1. The van der Waals surface area contributed by atoms with Crippen LogP contribution in [0.25, 0.3) is 22.4 Å². The number of ether oxygens (including phenoxy) is 2. The number of ketones is 1. The maximum absolute atomic E-state index is 14.7. The van der Waals surface area contributed by atoms with Crippen LogP contribution in [0.3, 0.4) is 0 Å². The number of carbonyl (C=O) groups excluding carboxylic acids is 1. The first-order chi connectivity index (χ1) is 18.0. The number of nitrogens with one attached hydrogen (secondary N) is 1. The number of hydrogen-bond acceptors (Lipinski definition) is 6. The molecule has 0 amide bonds. The fraction of sp³-hybridized carbons (Fsp3) is 0.571. The van der Waals surface area contributed by atoms with Crippen molar-refractivity contribution in [1.29, 1.82) is 0 Å². The number of hydrogen-bond donors (Lipinski definition) is 1. The second-order valence-electron chi connectivity index (χ2n) is 9.90. The lowest BCUT2D eigenvalue weighted by atomic mass is 9.77. The minimum absolute atomic E-state index is 0.135. The first-order valence-electron chi connectivity index (χ1n) is 13.3. The zero-order chi connectivity index (χ0) is 26.0. The summed E-state index contributed by atoms with van der Waals surface area (Å²) in [5, 5.41) is 0.557. The van der Waals surface area contributed by atoms with E-state index >= 15 is 0 Å². The highest BCUT2D eigenvalue weighted by Gasteiger charge is 2.26. The monoisotopic (exact) mass is 514 g/mol. The van der Waals surface area contributed by atoms with E-state index in [9.17, 15) is 13.6 Å². The van der Waals surface area contributed by atoms with Crippen molar-refractivity contribution in [2.75, 3.05) is 26.4 Å². The number of nitrogens with zero attached hydrogens (tertiary/aromatic N) is 3. The summed E-state index contributed by atoms with van der Waals surface area (Å²) in [4.78, 5) is 28.1. The number of H-pyrrole nitrogens is 1. The van der Waals surface area contributed by atoms with E-state index < -0.39 is 11.6 Å². The van der Waals surface area contributed by atoms with Crippen LogP contribution >= 0.6 is 0 Å². The summed E-state index contributed by atoms with van der Waals surface area (Å²) in [6.07, 6.45) is 11.8. The van der Waals surface area contributed by atoms with Crippen molar-refractivity contribution < 1.29 is 23.0 Å². The molecule has 0 unspecified atom stereocenters. The quantitative estimate of drug-likeness (QED) is 0.272. The van der Waals surface area contributed by atoms with E-state index in [2.05, 4.69) is 19.9 Å². The van der Waals surface area contributed by atoms with Crippen LogP contribution < -0.4 is 0 Å². The Labute approximate surface area is 216 Å². The molecule has 0 radical (unpaired) electrons. The molecule has 0 saturated heterocycles. The van der Waals surface area contributed by atoms with Crippen molar-refractivity contribution in [1.82, 2.24) is 19.9 Å². The Morgan fingerprint density at radius 3 is 2.73 bits per heavy atom. The van der Waals surface area contributed by atoms with Gasteiger partial charge in [0.1, 0.15) is 18.1 Å². The molecule has 1 N–H and O–H groups in total. The van der Waals surface area contributed by atoms with E-state index in [4.69, 9.17) is 9.47 Å². The molecule has 1 aliphatic rings. The Kier molecular flexibility index (Phi) is 10.1. The second-order valence-corrected chi connectivity index (χ2v) is 9.90. The molecule has 200 valence electrons. The van der Waals surface area contributed by atoms with Gasteiger partial charge in [0.25, 0.3) is 0 Å². The third-order valence-electron chi connectivity index (χ3n) is 6.99. The van der Waals surface area contributed by atoms with Crippen LogP contribution in [0.2, 0.25) is 0 Å². The SMILES string of the molecule is CCOCCCCCOCC(=O)C[C@@H]1CCC[C@H](Cc2nc(-c3c[nH]c4ncc(F)cc34)ncc2F)C1. The van der Waals surface area contributed by atoms with Gasteiger partial charge in [-0.05, 0) is 56.9 Å². The number of aromatic amines is 1. The van der Waals surface area contributed by atoms with Crippen molar-refractivity contribution in [3.05, 3.63) is 42.0 Å². The number of halogens is 2. The van der Waals surface area contributed by atoms with Crippen LogP contribution in [0.15, 0.2) is 24.7 Å². The largest absolute Gasteiger partial charge is 0.382 e. The first-order valence-corrected chi connectivity index (χ1v) is 13.3. The lowest BCUT2D eigenvalue weighted by Crippen LogP contribution is -2.22. The van der Waals surface area contributed by atoms with Gasteiger partial charge in [0.15, 0.2) is 17.4 Å². The predicted molar refractivity (Wildman–Crippen MR) is 137 cm³/mol. The average Bonchev–Trinajstić information content (AvgIpc) is 3.30. The van der Waals surface area contributed by atoms with Crippen LogP contribution in [-0.4, -0.2) is 52.1 Å². The number of carbonyl (C=O) groups is 1. The molecule has 7 nitrogen and oxygen atoms in total. The highest BCUT2D eigenvalue weighted by Crippen LogP contribution is 2.34. The van der Waals surface area contributed by atoms with E-state index in [1.807, 2.05) is 6.92 Å². The molecule has 3 aromatic heterocycles. The molecular formula is C28H36F2N4O3. The first kappa shape index (κ1) is 27.3. The molecule has 9 heteroatoms. The molecule has 0 aromatic carbocycles. The molecule has 2 atom stereocenters. The number of Topliss-reactive ketones (excluding diaryl/α,β-unsaturated/α-hetero) is 1. The lowest BCUT2D eigenvalue weighted by Gasteiger charge is -2.28. The van der Waals surface area contributed by atoms with E-state index in [0.29, 0.717) is 47.6 Å². The van der Waals surface area contributed by atoms with Gasteiger partial charge in [0, 0.05) is 43.4 Å². The smallest absolute Gasteiger partial charge is 0.163 e. The van der Waals surface area contributed by atoms with Crippen molar-refractivity contribution in [2.45, 2.75) is 64.7 Å². The van der Waals surface area contributed by atoms with Crippen molar-refractivity contribution >= 4 is 16.8 Å². The van der Waals surface area contributed by atoms with Crippen LogP contribution in [0.5, 0.6) is 0 Å². The maximum Gasteiger partial charge on any atom is 0.163 e. The normalized spacial score (nSPS) is 17.9. The van der Waals surface area contributed by atoms with Gasteiger partial charge < -0.3 is 14.5 Å². The van der Waals surface area contributed by atoms with E-state index in [0.717, 1.165) is 64.4 Å². The maximum atomic E-state index is 14.7. The average molecular weight is 515 g/mol. The van der Waals surface area contributed by atoms with Gasteiger partial charge in [-0.1, -0.05) is 19.3 Å². The van der Waals surface area contributed by atoms with Gasteiger partial charge in [-0.2, -0.15) is 0 Å². The Morgan fingerprint density at radius 2 is 1.89 bits per heavy atom. The van der Waals surface area contributed by atoms with Crippen LogP contribution in [0, 0.1) is 23.5 Å². The molecule has 1 aliphatic carbocycles. The summed E-state index contributed by atoms with van der Waals surface area (Å²) < 4.78 is 39.3. The predicted octanol–water partition coefficient (Wildman–Crippen LogP) is 5.83. The second kappa shape index (κ2) is 13.7. The Morgan fingerprint density at radius 1 is 1.08 bits per heavy atom. The minimum atomic E-state index is -0.457. The molecule has 1 saturated carbocycles. The lowest BCUT2D eigenvalue weighted by molar-refractivity contribution is -0.124. The van der Waals surface area contributed by atoms with Gasteiger partial charge in [0.05, 0.1) is 18.1 Å². The zero-order valence-corrected chi connectivity index (χ0v) is 21.5. The summed E-state index contributed by atoms with van der Waals surface area (Å²) in [5.74, 6) is 0.107. The molecule has 3 aromatic rings. The number of rotatable bonds is 14. The minimum Gasteiger partial charge on any atom is -0.382 e. The standard InChI is InChI=1S/C28H36F2N4O3/c1-2-36-9-4-3-5-10-37-18-22(35)12-19-7-6-8-20(11-19)13-26-25(30)17-33-28(34-26)24-16-32-27-23(24)14-21(29)15-31-27/h14-17,19-20H,2-13,18H2,1H3,(H,31,32)/t19-,20+/m1/s1. The number of unbranched alkanes of at least 4 members (excludes halogenated alkanes) is 2. The van der Waals surface area contributed by atoms with Gasteiger partial charge in [-0.15, -0.1) is 0 Å². The van der Waals surface area contributed by atoms with Gasteiger partial charge in [-0.3, -0.25) is 4.79 Å². The molecule has 37 heavy (non-hydrogen) atoms. The summed E-state index contributed by atoms with van der Waals surface area (Å²) in [5.41, 5.74) is 1.47. The number of aromatic nitrogens is 4. The van der Waals surface area contributed by atoms with Crippen molar-refractivity contribution in [2.24, 2.45) is 11.8 Å². The highest BCUT2D eigenvalue weighted by atomic mass is 19.1. The fourth-order valence-electron chi connectivity index (χ4n) is 5.18.